The summed E-state index contributed by atoms with van der Waals surface area (Å²) in [6.07, 6.45) is 4.31. The van der Waals surface area contributed by atoms with Crippen LogP contribution in [0.1, 0.15) is 37.3 Å². The number of nitrogens with zero attached hydrogens (tertiary/aromatic N) is 1. The molecule has 0 aromatic heterocycles. The summed E-state index contributed by atoms with van der Waals surface area (Å²) in [6, 6.07) is 11.4. The Morgan fingerprint density at radius 2 is 1.89 bits per heavy atom. The molecule has 1 aliphatic heterocycles. The third-order valence-corrected chi connectivity index (χ3v) is 4.95. The molecule has 3 rings (SSSR count). The first-order chi connectivity index (χ1) is 8.76. The van der Waals surface area contributed by atoms with Gasteiger partial charge in [-0.05, 0) is 30.4 Å². The summed E-state index contributed by atoms with van der Waals surface area (Å²) in [4.78, 5) is 0. The molecule has 1 saturated heterocycles. The fourth-order valence-corrected chi connectivity index (χ4v) is 3.31. The molecule has 0 amide bonds. The zero-order valence-electron chi connectivity index (χ0n) is 10.9. The van der Waals surface area contributed by atoms with Crippen molar-refractivity contribution in [3.63, 3.8) is 0 Å². The van der Waals surface area contributed by atoms with Crippen LogP contribution in [-0.4, -0.2) is 13.2 Å². The molecule has 2 nitrogen and oxygen atoms in total. The van der Waals surface area contributed by atoms with Crippen molar-refractivity contribution < 1.29 is 4.74 Å². The lowest BCUT2D eigenvalue weighted by atomic mass is 9.50. The molecule has 1 saturated carbocycles. The molecule has 0 unspecified atom stereocenters. The summed E-state index contributed by atoms with van der Waals surface area (Å²) < 4.78 is 5.48. The van der Waals surface area contributed by atoms with Gasteiger partial charge in [0.05, 0.1) is 30.1 Å². The normalized spacial score (nSPS) is 23.6. The molecule has 94 valence electrons. The van der Waals surface area contributed by atoms with Gasteiger partial charge in [-0.2, -0.15) is 5.26 Å². The molecule has 1 aromatic carbocycles. The highest BCUT2D eigenvalue weighted by atomic mass is 16.5. The largest absolute Gasteiger partial charge is 0.379 e. The van der Waals surface area contributed by atoms with Crippen LogP contribution in [0.5, 0.6) is 0 Å². The second-order valence-electron chi connectivity index (χ2n) is 5.67. The number of ether oxygens (including phenoxy) is 1. The van der Waals surface area contributed by atoms with Gasteiger partial charge in [0.1, 0.15) is 0 Å². The minimum absolute atomic E-state index is 0.0354. The number of hydrogen-bond acceptors (Lipinski definition) is 2. The minimum Gasteiger partial charge on any atom is -0.379 e. The molecule has 0 spiro atoms. The monoisotopic (exact) mass is 241 g/mol. The van der Waals surface area contributed by atoms with Gasteiger partial charge in [0.2, 0.25) is 0 Å². The van der Waals surface area contributed by atoms with Crippen LogP contribution in [0.25, 0.3) is 0 Å². The summed E-state index contributed by atoms with van der Waals surface area (Å²) in [5, 5.41) is 9.59. The van der Waals surface area contributed by atoms with Gasteiger partial charge in [0.15, 0.2) is 0 Å². The molecule has 0 bridgehead atoms. The Hall–Kier alpha value is -1.33. The van der Waals surface area contributed by atoms with Crippen molar-refractivity contribution >= 4 is 0 Å². The lowest BCUT2D eigenvalue weighted by Crippen LogP contribution is -2.61. The summed E-state index contributed by atoms with van der Waals surface area (Å²) in [5.74, 6) is 0. The van der Waals surface area contributed by atoms with E-state index in [1.165, 1.54) is 17.5 Å². The molecular formula is C16H19NO. The van der Waals surface area contributed by atoms with Crippen LogP contribution in [-0.2, 0) is 16.6 Å². The van der Waals surface area contributed by atoms with Gasteiger partial charge < -0.3 is 4.74 Å². The Morgan fingerprint density at radius 3 is 2.22 bits per heavy atom. The summed E-state index contributed by atoms with van der Waals surface area (Å²) in [6.45, 7) is 3.60. The first-order valence-corrected chi connectivity index (χ1v) is 6.85. The topological polar surface area (TPSA) is 33.0 Å². The second kappa shape index (κ2) is 4.10. The average molecular weight is 241 g/mol. The quantitative estimate of drug-likeness (QED) is 0.814. The second-order valence-corrected chi connectivity index (χ2v) is 5.67. The maximum absolute atomic E-state index is 9.59. The highest BCUT2D eigenvalue weighted by Crippen LogP contribution is 2.57. The van der Waals surface area contributed by atoms with E-state index < -0.39 is 0 Å². The van der Waals surface area contributed by atoms with Crippen molar-refractivity contribution in [2.75, 3.05) is 13.2 Å². The van der Waals surface area contributed by atoms with Crippen molar-refractivity contribution in [2.24, 2.45) is 5.41 Å². The van der Waals surface area contributed by atoms with Gasteiger partial charge in [-0.15, -0.1) is 0 Å². The first-order valence-electron chi connectivity index (χ1n) is 6.85. The minimum atomic E-state index is -0.168. The van der Waals surface area contributed by atoms with Crippen LogP contribution in [0, 0.1) is 16.7 Å². The van der Waals surface area contributed by atoms with E-state index in [9.17, 15) is 5.26 Å². The molecule has 2 aliphatic rings. The van der Waals surface area contributed by atoms with Crippen LogP contribution in [0.4, 0.5) is 0 Å². The van der Waals surface area contributed by atoms with Crippen molar-refractivity contribution in [3.05, 3.63) is 35.4 Å². The van der Waals surface area contributed by atoms with Gasteiger partial charge in [-0.3, -0.25) is 0 Å². The summed E-state index contributed by atoms with van der Waals surface area (Å²) in [7, 11) is 0. The van der Waals surface area contributed by atoms with Crippen molar-refractivity contribution in [1.29, 1.82) is 5.26 Å². The van der Waals surface area contributed by atoms with Crippen LogP contribution >= 0.6 is 0 Å². The van der Waals surface area contributed by atoms with E-state index in [4.69, 9.17) is 4.74 Å². The SMILES string of the molecule is CCc1ccc(C2(C3(C#N)CCC3)COC2)cc1. The number of nitriles is 1. The molecule has 2 fully saturated rings. The van der Waals surface area contributed by atoms with E-state index in [2.05, 4.69) is 37.3 Å². The third-order valence-electron chi connectivity index (χ3n) is 4.95. The Morgan fingerprint density at radius 1 is 1.22 bits per heavy atom. The van der Waals surface area contributed by atoms with Gasteiger partial charge in [-0.1, -0.05) is 37.6 Å². The first kappa shape index (κ1) is 11.7. The summed E-state index contributed by atoms with van der Waals surface area (Å²) >= 11 is 0. The number of hydrogen-bond donors (Lipinski definition) is 0. The average Bonchev–Trinajstić information content (AvgIpc) is 2.31. The predicted octanol–water partition coefficient (Wildman–Crippen LogP) is 3.21. The van der Waals surface area contributed by atoms with Crippen molar-refractivity contribution in [3.8, 4) is 6.07 Å². The van der Waals surface area contributed by atoms with Gasteiger partial charge in [-0.25, -0.2) is 0 Å². The van der Waals surface area contributed by atoms with Crippen LogP contribution in [0.2, 0.25) is 0 Å². The molecule has 1 aliphatic carbocycles. The Balaban J connectivity index is 1.98. The zero-order chi connectivity index (χ0) is 12.6. The predicted molar refractivity (Wildman–Crippen MR) is 70.2 cm³/mol. The van der Waals surface area contributed by atoms with E-state index in [0.717, 1.165) is 19.3 Å². The van der Waals surface area contributed by atoms with Crippen molar-refractivity contribution in [2.45, 2.75) is 38.0 Å². The lowest BCUT2D eigenvalue weighted by Gasteiger charge is -2.56. The Labute approximate surface area is 109 Å². The molecule has 18 heavy (non-hydrogen) atoms. The number of rotatable bonds is 3. The molecule has 0 atom stereocenters. The fraction of sp³-hybridized carbons (Fsp3) is 0.562. The van der Waals surface area contributed by atoms with E-state index in [1.54, 1.807) is 0 Å². The third kappa shape index (κ3) is 1.37. The highest BCUT2D eigenvalue weighted by molar-refractivity contribution is 5.38. The van der Waals surface area contributed by atoms with Gasteiger partial charge >= 0.3 is 0 Å². The molecule has 1 heterocycles. The number of aryl methyl sites for hydroxylation is 1. The van der Waals surface area contributed by atoms with Crippen LogP contribution in [0.15, 0.2) is 24.3 Å². The lowest BCUT2D eigenvalue weighted by molar-refractivity contribution is -0.134. The highest BCUT2D eigenvalue weighted by Gasteiger charge is 2.60. The molecule has 2 heteroatoms. The van der Waals surface area contributed by atoms with Gasteiger partial charge in [0, 0.05) is 0 Å². The molecule has 0 N–H and O–H groups in total. The van der Waals surface area contributed by atoms with E-state index in [-0.39, 0.29) is 10.8 Å². The molecule has 1 aromatic rings. The number of benzene rings is 1. The van der Waals surface area contributed by atoms with Crippen molar-refractivity contribution in [1.82, 2.24) is 0 Å². The van der Waals surface area contributed by atoms with Gasteiger partial charge in [0.25, 0.3) is 0 Å². The fourth-order valence-electron chi connectivity index (χ4n) is 3.31. The van der Waals surface area contributed by atoms with E-state index >= 15 is 0 Å². The standard InChI is InChI=1S/C16H19NO/c1-2-13-4-6-14(7-5-13)16(11-18-12-16)15(10-17)8-3-9-15/h4-7H,2-3,8-9,11-12H2,1H3. The maximum Gasteiger partial charge on any atom is 0.0715 e. The Kier molecular flexibility index (Phi) is 2.68. The smallest absolute Gasteiger partial charge is 0.0715 e. The van der Waals surface area contributed by atoms with Crippen LogP contribution in [0.3, 0.4) is 0 Å². The maximum atomic E-state index is 9.59. The zero-order valence-corrected chi connectivity index (χ0v) is 10.9. The van der Waals surface area contributed by atoms with Crippen LogP contribution < -0.4 is 0 Å². The molecular weight excluding hydrogens is 222 g/mol. The Bertz CT molecular complexity index is 475. The summed E-state index contributed by atoms with van der Waals surface area (Å²) in [5.41, 5.74) is 2.45. The van der Waals surface area contributed by atoms with E-state index in [0.29, 0.717) is 13.2 Å². The molecule has 0 radical (unpaired) electrons. The van der Waals surface area contributed by atoms with E-state index in [1.807, 2.05) is 0 Å².